The number of carbonyl (C=O) groups excluding carboxylic acids is 1. The Labute approximate surface area is 177 Å². The Morgan fingerprint density at radius 2 is 1.77 bits per heavy atom. The van der Waals surface area contributed by atoms with Gasteiger partial charge in [-0.3, -0.25) is 9.78 Å². The molecule has 1 N–H and O–H groups in total. The van der Waals surface area contributed by atoms with E-state index in [4.69, 9.17) is 4.74 Å². The first-order valence-electron chi connectivity index (χ1n) is 10.5. The van der Waals surface area contributed by atoms with Crippen LogP contribution in [-0.2, 0) is 13.2 Å². The van der Waals surface area contributed by atoms with E-state index in [-0.39, 0.29) is 5.91 Å². The minimum atomic E-state index is 0.128. The van der Waals surface area contributed by atoms with E-state index in [2.05, 4.69) is 16.4 Å². The highest BCUT2D eigenvalue weighted by Gasteiger charge is 2.23. The number of nitrogens with zero attached hydrogens (tertiary/aromatic N) is 2. The lowest BCUT2D eigenvalue weighted by atomic mass is 10.0. The van der Waals surface area contributed by atoms with Crippen LogP contribution in [0.25, 0.3) is 0 Å². The normalized spacial score (nSPS) is 14.5. The first-order chi connectivity index (χ1) is 14.8. The zero-order valence-electron chi connectivity index (χ0n) is 17.0. The molecule has 0 radical (unpaired) electrons. The molecule has 1 saturated heterocycles. The SMILES string of the molecule is O=C(c1ccccc1)N1CCC(NCc2ccccc2OCc2cccnc2)CC1. The van der Waals surface area contributed by atoms with Gasteiger partial charge in [0.15, 0.2) is 0 Å². The predicted octanol–water partition coefficient (Wildman–Crippen LogP) is 4.06. The summed E-state index contributed by atoms with van der Waals surface area (Å²) in [5.74, 6) is 1.02. The molecule has 5 nitrogen and oxygen atoms in total. The average molecular weight is 402 g/mol. The third-order valence-corrected chi connectivity index (χ3v) is 5.47. The Morgan fingerprint density at radius 3 is 2.53 bits per heavy atom. The summed E-state index contributed by atoms with van der Waals surface area (Å²) in [7, 11) is 0. The number of amides is 1. The first kappa shape index (κ1) is 20.1. The lowest BCUT2D eigenvalue weighted by Gasteiger charge is -2.32. The van der Waals surface area contributed by atoms with Crippen molar-refractivity contribution < 1.29 is 9.53 Å². The monoisotopic (exact) mass is 401 g/mol. The van der Waals surface area contributed by atoms with Crippen molar-refractivity contribution >= 4 is 5.91 Å². The molecule has 3 aromatic rings. The molecule has 1 aromatic heterocycles. The van der Waals surface area contributed by atoms with Crippen molar-refractivity contribution in [3.05, 3.63) is 95.8 Å². The summed E-state index contributed by atoms with van der Waals surface area (Å²) in [5, 5.41) is 3.65. The highest BCUT2D eigenvalue weighted by molar-refractivity contribution is 5.94. The van der Waals surface area contributed by atoms with Crippen LogP contribution in [0.2, 0.25) is 0 Å². The zero-order chi connectivity index (χ0) is 20.6. The van der Waals surface area contributed by atoms with Crippen LogP contribution in [0.15, 0.2) is 79.1 Å². The third kappa shape index (κ3) is 5.24. The van der Waals surface area contributed by atoms with Gasteiger partial charge in [0.2, 0.25) is 0 Å². The smallest absolute Gasteiger partial charge is 0.253 e. The van der Waals surface area contributed by atoms with Gasteiger partial charge in [-0.2, -0.15) is 0 Å². The molecule has 0 aliphatic carbocycles. The number of carbonyl (C=O) groups is 1. The molecular formula is C25H27N3O2. The van der Waals surface area contributed by atoms with Crippen LogP contribution in [0.4, 0.5) is 0 Å². The number of nitrogens with one attached hydrogen (secondary N) is 1. The number of ether oxygens (including phenoxy) is 1. The molecule has 0 spiro atoms. The number of rotatable bonds is 7. The third-order valence-electron chi connectivity index (χ3n) is 5.47. The maximum absolute atomic E-state index is 12.6. The van der Waals surface area contributed by atoms with E-state index < -0.39 is 0 Å². The van der Waals surface area contributed by atoms with Crippen LogP contribution < -0.4 is 10.1 Å². The van der Waals surface area contributed by atoms with E-state index in [1.807, 2.05) is 71.8 Å². The van der Waals surface area contributed by atoms with Crippen LogP contribution in [0.5, 0.6) is 5.75 Å². The molecule has 154 valence electrons. The quantitative estimate of drug-likeness (QED) is 0.649. The Bertz CT molecular complexity index is 939. The van der Waals surface area contributed by atoms with Gasteiger partial charge in [0, 0.05) is 54.8 Å². The molecule has 0 bridgehead atoms. The summed E-state index contributed by atoms with van der Waals surface area (Å²) in [6.45, 7) is 2.82. The molecule has 0 saturated carbocycles. The van der Waals surface area contributed by atoms with Gasteiger partial charge in [-0.1, -0.05) is 42.5 Å². The Balaban J connectivity index is 1.27. The van der Waals surface area contributed by atoms with Crippen molar-refractivity contribution in [2.75, 3.05) is 13.1 Å². The molecule has 0 atom stereocenters. The summed E-state index contributed by atoms with van der Waals surface area (Å²) >= 11 is 0. The topological polar surface area (TPSA) is 54.5 Å². The standard InChI is InChI=1S/C25H27N3O2/c29-25(21-8-2-1-3-9-21)28-15-12-23(13-16-28)27-18-22-10-4-5-11-24(22)30-19-20-7-6-14-26-17-20/h1-11,14,17,23,27H,12-13,15-16,18-19H2. The number of aromatic nitrogens is 1. The molecule has 1 aliphatic heterocycles. The van der Waals surface area contributed by atoms with Gasteiger partial charge in [-0.25, -0.2) is 0 Å². The summed E-state index contributed by atoms with van der Waals surface area (Å²) in [5.41, 5.74) is 2.96. The van der Waals surface area contributed by atoms with E-state index in [1.165, 1.54) is 0 Å². The van der Waals surface area contributed by atoms with Gasteiger partial charge in [0.25, 0.3) is 5.91 Å². The molecule has 0 unspecified atom stereocenters. The molecule has 1 fully saturated rings. The van der Waals surface area contributed by atoms with Gasteiger partial charge in [0.05, 0.1) is 0 Å². The van der Waals surface area contributed by atoms with Crippen molar-refractivity contribution in [2.45, 2.75) is 32.0 Å². The molecule has 2 aromatic carbocycles. The highest BCUT2D eigenvalue weighted by atomic mass is 16.5. The van der Waals surface area contributed by atoms with Gasteiger partial charge in [-0.15, -0.1) is 0 Å². The zero-order valence-corrected chi connectivity index (χ0v) is 17.0. The minimum absolute atomic E-state index is 0.128. The van der Waals surface area contributed by atoms with Crippen molar-refractivity contribution in [1.82, 2.24) is 15.2 Å². The van der Waals surface area contributed by atoms with Gasteiger partial charge in [0.1, 0.15) is 12.4 Å². The van der Waals surface area contributed by atoms with Gasteiger partial charge in [-0.05, 0) is 37.1 Å². The Hall–Kier alpha value is -3.18. The summed E-state index contributed by atoms with van der Waals surface area (Å²) < 4.78 is 6.03. The van der Waals surface area contributed by atoms with Gasteiger partial charge < -0.3 is 15.0 Å². The minimum Gasteiger partial charge on any atom is -0.489 e. The second kappa shape index (κ2) is 10.0. The van der Waals surface area contributed by atoms with E-state index in [1.54, 1.807) is 6.20 Å². The molecule has 4 rings (SSSR count). The number of para-hydroxylation sites is 1. The maximum Gasteiger partial charge on any atom is 0.253 e. The summed E-state index contributed by atoms with van der Waals surface area (Å²) in [6.07, 6.45) is 5.50. The van der Waals surface area contributed by atoms with Crippen LogP contribution >= 0.6 is 0 Å². The van der Waals surface area contributed by atoms with Crippen molar-refractivity contribution in [1.29, 1.82) is 0 Å². The lowest BCUT2D eigenvalue weighted by Crippen LogP contribution is -2.44. The van der Waals surface area contributed by atoms with E-state index in [0.29, 0.717) is 12.6 Å². The van der Waals surface area contributed by atoms with Crippen molar-refractivity contribution in [3.63, 3.8) is 0 Å². The molecule has 2 heterocycles. The fourth-order valence-electron chi connectivity index (χ4n) is 3.74. The molecule has 30 heavy (non-hydrogen) atoms. The first-order valence-corrected chi connectivity index (χ1v) is 10.5. The van der Waals surface area contributed by atoms with Crippen molar-refractivity contribution in [3.8, 4) is 5.75 Å². The number of likely N-dealkylation sites (tertiary alicyclic amines) is 1. The summed E-state index contributed by atoms with van der Waals surface area (Å²) in [4.78, 5) is 18.7. The fraction of sp³-hybridized carbons (Fsp3) is 0.280. The van der Waals surface area contributed by atoms with E-state index >= 15 is 0 Å². The second-order valence-corrected chi connectivity index (χ2v) is 7.57. The average Bonchev–Trinajstić information content (AvgIpc) is 2.83. The molecule has 1 aliphatic rings. The number of piperidine rings is 1. The number of hydrogen-bond donors (Lipinski definition) is 1. The van der Waals surface area contributed by atoms with Crippen LogP contribution in [-0.4, -0.2) is 34.9 Å². The van der Waals surface area contributed by atoms with Crippen LogP contribution in [0.3, 0.4) is 0 Å². The number of pyridine rings is 1. The molecule has 1 amide bonds. The largest absolute Gasteiger partial charge is 0.489 e. The maximum atomic E-state index is 12.6. The Kier molecular flexibility index (Phi) is 6.72. The predicted molar refractivity (Wildman–Crippen MR) is 117 cm³/mol. The number of hydrogen-bond acceptors (Lipinski definition) is 4. The fourth-order valence-corrected chi connectivity index (χ4v) is 3.74. The highest BCUT2D eigenvalue weighted by Crippen LogP contribution is 2.21. The van der Waals surface area contributed by atoms with Crippen LogP contribution in [0, 0.1) is 0 Å². The van der Waals surface area contributed by atoms with Gasteiger partial charge >= 0.3 is 0 Å². The van der Waals surface area contributed by atoms with Crippen LogP contribution in [0.1, 0.15) is 34.3 Å². The lowest BCUT2D eigenvalue weighted by molar-refractivity contribution is 0.0704. The second-order valence-electron chi connectivity index (χ2n) is 7.57. The molecule has 5 heteroatoms. The number of benzene rings is 2. The summed E-state index contributed by atoms with van der Waals surface area (Å²) in [6, 6.07) is 22.0. The molecular weight excluding hydrogens is 374 g/mol. The van der Waals surface area contributed by atoms with Crippen molar-refractivity contribution in [2.24, 2.45) is 0 Å². The van der Waals surface area contributed by atoms with E-state index in [9.17, 15) is 4.79 Å². The Morgan fingerprint density at radius 1 is 1.00 bits per heavy atom. The van der Waals surface area contributed by atoms with E-state index in [0.717, 1.165) is 54.9 Å².